The molecule has 2 aliphatic rings. The molecule has 0 radical (unpaired) electrons. The second-order valence-electron chi connectivity index (χ2n) is 9.66. The van der Waals surface area contributed by atoms with Crippen molar-refractivity contribution in [1.82, 2.24) is 14.8 Å². The zero-order valence-corrected chi connectivity index (χ0v) is 21.5. The van der Waals surface area contributed by atoms with Crippen LogP contribution in [0.1, 0.15) is 47.5 Å². The molecule has 2 aromatic carbocycles. The number of hydrogen-bond donors (Lipinski definition) is 1. The molecule has 2 saturated heterocycles. The molecule has 37 heavy (non-hydrogen) atoms. The quantitative estimate of drug-likeness (QED) is 0.442. The minimum Gasteiger partial charge on any atom is -0.439 e. The molecule has 3 aromatic rings. The third-order valence-electron chi connectivity index (χ3n) is 7.04. The Bertz CT molecular complexity index is 1200. The summed E-state index contributed by atoms with van der Waals surface area (Å²) in [7, 11) is 0. The first-order valence-corrected chi connectivity index (χ1v) is 13.2. The van der Waals surface area contributed by atoms with Gasteiger partial charge in [-0.3, -0.25) is 14.5 Å². The Kier molecular flexibility index (Phi) is 8.02. The number of hydrogen-bond acceptors (Lipinski definition) is 5. The van der Waals surface area contributed by atoms with E-state index in [9.17, 15) is 9.59 Å². The standard InChI is InChI=1S/C29H31ClN4O3/c30-24-7-12-28(31-19-24)37-26-10-5-23(6-11-26)29(36)34-17-13-22(14-18-34)21-3-8-25(9-4-21)32-27(35)20-33-15-1-2-16-33/h3-12,19,22H,1-2,13-18,20H2,(H,32,35). The van der Waals surface area contributed by atoms with E-state index in [2.05, 4.69) is 27.3 Å². The highest BCUT2D eigenvalue weighted by molar-refractivity contribution is 6.30. The van der Waals surface area contributed by atoms with Crippen LogP contribution in [0, 0.1) is 0 Å². The third kappa shape index (κ3) is 6.67. The summed E-state index contributed by atoms with van der Waals surface area (Å²) in [6.07, 6.45) is 5.71. The molecular formula is C29H31ClN4O3. The van der Waals surface area contributed by atoms with E-state index in [1.54, 1.807) is 36.4 Å². The van der Waals surface area contributed by atoms with E-state index in [0.717, 1.165) is 31.6 Å². The van der Waals surface area contributed by atoms with Gasteiger partial charge in [0, 0.05) is 36.6 Å². The van der Waals surface area contributed by atoms with E-state index in [4.69, 9.17) is 16.3 Å². The molecule has 0 atom stereocenters. The lowest BCUT2D eigenvalue weighted by molar-refractivity contribution is -0.117. The van der Waals surface area contributed by atoms with Crippen LogP contribution < -0.4 is 10.1 Å². The molecule has 2 fully saturated rings. The van der Waals surface area contributed by atoms with Crippen LogP contribution in [0.15, 0.2) is 66.9 Å². The van der Waals surface area contributed by atoms with Crippen LogP contribution in [0.4, 0.5) is 5.69 Å². The Balaban J connectivity index is 1.10. The van der Waals surface area contributed by atoms with Gasteiger partial charge in [-0.15, -0.1) is 0 Å². The molecule has 1 aromatic heterocycles. The molecule has 7 nitrogen and oxygen atoms in total. The number of nitrogens with one attached hydrogen (secondary N) is 1. The molecule has 2 amide bonds. The van der Waals surface area contributed by atoms with Crippen molar-refractivity contribution in [2.45, 2.75) is 31.6 Å². The average Bonchev–Trinajstić information content (AvgIpc) is 3.43. The molecule has 5 rings (SSSR count). The van der Waals surface area contributed by atoms with Gasteiger partial charge in [0.15, 0.2) is 0 Å². The van der Waals surface area contributed by atoms with Crippen molar-refractivity contribution in [3.63, 3.8) is 0 Å². The van der Waals surface area contributed by atoms with Gasteiger partial charge in [-0.25, -0.2) is 4.98 Å². The maximum absolute atomic E-state index is 13.0. The lowest BCUT2D eigenvalue weighted by Gasteiger charge is -2.32. The summed E-state index contributed by atoms with van der Waals surface area (Å²) in [6, 6.07) is 18.7. The monoisotopic (exact) mass is 518 g/mol. The smallest absolute Gasteiger partial charge is 0.253 e. The first-order chi connectivity index (χ1) is 18.0. The van der Waals surface area contributed by atoms with Crippen LogP contribution in [-0.2, 0) is 4.79 Å². The average molecular weight is 519 g/mol. The van der Waals surface area contributed by atoms with E-state index in [-0.39, 0.29) is 11.8 Å². The molecule has 8 heteroatoms. The molecule has 0 spiro atoms. The molecule has 0 bridgehead atoms. The van der Waals surface area contributed by atoms with Crippen LogP contribution in [0.25, 0.3) is 0 Å². The van der Waals surface area contributed by atoms with Crippen molar-refractivity contribution in [3.05, 3.63) is 83.0 Å². The van der Waals surface area contributed by atoms with E-state index in [1.807, 2.05) is 17.0 Å². The zero-order valence-electron chi connectivity index (χ0n) is 20.7. The van der Waals surface area contributed by atoms with Crippen LogP contribution >= 0.6 is 11.6 Å². The minimum atomic E-state index is 0.0330. The number of carbonyl (C=O) groups is 2. The lowest BCUT2D eigenvalue weighted by Crippen LogP contribution is -2.37. The van der Waals surface area contributed by atoms with Gasteiger partial charge in [0.2, 0.25) is 11.8 Å². The highest BCUT2D eigenvalue weighted by atomic mass is 35.5. The van der Waals surface area contributed by atoms with Crippen LogP contribution in [0.2, 0.25) is 5.02 Å². The van der Waals surface area contributed by atoms with Crippen molar-refractivity contribution in [3.8, 4) is 11.6 Å². The Morgan fingerprint density at radius 2 is 1.62 bits per heavy atom. The number of carbonyl (C=O) groups excluding carboxylic acids is 2. The van der Waals surface area contributed by atoms with Gasteiger partial charge < -0.3 is 15.0 Å². The first-order valence-electron chi connectivity index (χ1n) is 12.8. The van der Waals surface area contributed by atoms with Gasteiger partial charge in [0.05, 0.1) is 11.6 Å². The largest absolute Gasteiger partial charge is 0.439 e. The molecule has 2 aliphatic heterocycles. The van der Waals surface area contributed by atoms with Gasteiger partial charge in [0.1, 0.15) is 5.75 Å². The number of aromatic nitrogens is 1. The van der Waals surface area contributed by atoms with Crippen molar-refractivity contribution in [2.75, 3.05) is 38.0 Å². The second-order valence-corrected chi connectivity index (χ2v) is 10.1. The number of likely N-dealkylation sites (tertiary alicyclic amines) is 2. The van der Waals surface area contributed by atoms with Crippen LogP contribution in [0.3, 0.4) is 0 Å². The maximum atomic E-state index is 13.0. The summed E-state index contributed by atoms with van der Waals surface area (Å²) in [5, 5.41) is 3.55. The highest BCUT2D eigenvalue weighted by Gasteiger charge is 2.25. The van der Waals surface area contributed by atoms with Crippen molar-refractivity contribution < 1.29 is 14.3 Å². The van der Waals surface area contributed by atoms with Crippen molar-refractivity contribution in [1.29, 1.82) is 0 Å². The molecule has 0 saturated carbocycles. The van der Waals surface area contributed by atoms with E-state index < -0.39 is 0 Å². The molecular weight excluding hydrogens is 488 g/mol. The summed E-state index contributed by atoms with van der Waals surface area (Å²) >= 11 is 5.86. The third-order valence-corrected chi connectivity index (χ3v) is 7.26. The number of nitrogens with zero attached hydrogens (tertiary/aromatic N) is 3. The number of rotatable bonds is 7. The molecule has 192 valence electrons. The lowest BCUT2D eigenvalue weighted by atomic mass is 9.89. The molecule has 1 N–H and O–H groups in total. The predicted molar refractivity (Wildman–Crippen MR) is 144 cm³/mol. The Morgan fingerprint density at radius 3 is 2.27 bits per heavy atom. The number of ether oxygens (including phenoxy) is 1. The number of amides is 2. The number of anilines is 1. The SMILES string of the molecule is O=C(CN1CCCC1)Nc1ccc(C2CCN(C(=O)c3ccc(Oc4ccc(Cl)cn4)cc3)CC2)cc1. The van der Waals surface area contributed by atoms with Crippen LogP contribution in [-0.4, -0.2) is 59.3 Å². The van der Waals surface area contributed by atoms with E-state index in [1.165, 1.54) is 24.6 Å². The number of halogens is 1. The topological polar surface area (TPSA) is 74.8 Å². The highest BCUT2D eigenvalue weighted by Crippen LogP contribution is 2.30. The molecule has 0 unspecified atom stereocenters. The van der Waals surface area contributed by atoms with E-state index >= 15 is 0 Å². The Morgan fingerprint density at radius 1 is 0.919 bits per heavy atom. The van der Waals surface area contributed by atoms with Crippen molar-refractivity contribution in [2.24, 2.45) is 0 Å². The van der Waals surface area contributed by atoms with Gasteiger partial charge in [-0.2, -0.15) is 0 Å². The Hall–Kier alpha value is -3.42. The fourth-order valence-corrected chi connectivity index (χ4v) is 5.10. The number of piperidine rings is 1. The minimum absolute atomic E-state index is 0.0330. The number of benzene rings is 2. The van der Waals surface area contributed by atoms with Gasteiger partial charge in [-0.05, 0) is 92.7 Å². The van der Waals surface area contributed by atoms with Gasteiger partial charge >= 0.3 is 0 Å². The summed E-state index contributed by atoms with van der Waals surface area (Å²) in [5.41, 5.74) is 2.73. The van der Waals surface area contributed by atoms with E-state index in [0.29, 0.717) is 47.8 Å². The van der Waals surface area contributed by atoms with Gasteiger partial charge in [0.25, 0.3) is 5.91 Å². The summed E-state index contributed by atoms with van der Waals surface area (Å²) in [4.78, 5) is 33.5. The molecule has 3 heterocycles. The second kappa shape index (κ2) is 11.8. The summed E-state index contributed by atoms with van der Waals surface area (Å²) in [6.45, 7) is 3.91. The first kappa shape index (κ1) is 25.2. The molecule has 0 aliphatic carbocycles. The summed E-state index contributed by atoms with van der Waals surface area (Å²) < 4.78 is 5.72. The predicted octanol–water partition coefficient (Wildman–Crippen LogP) is 5.58. The summed E-state index contributed by atoms with van der Waals surface area (Å²) in [5.74, 6) is 1.54. The fraction of sp³-hybridized carbons (Fsp3) is 0.345. The Labute approximate surface area is 222 Å². The fourth-order valence-electron chi connectivity index (χ4n) is 4.99. The maximum Gasteiger partial charge on any atom is 0.253 e. The van der Waals surface area contributed by atoms with Crippen molar-refractivity contribution >= 4 is 29.1 Å². The zero-order chi connectivity index (χ0) is 25.6. The normalized spacial score (nSPS) is 16.5. The van der Waals surface area contributed by atoms with Crippen LogP contribution in [0.5, 0.6) is 11.6 Å². The van der Waals surface area contributed by atoms with Gasteiger partial charge in [-0.1, -0.05) is 23.7 Å². The number of pyridine rings is 1.